The summed E-state index contributed by atoms with van der Waals surface area (Å²) < 4.78 is 0. The third kappa shape index (κ3) is 1.35. The maximum absolute atomic E-state index is 11.6. The fourth-order valence-electron chi connectivity index (χ4n) is 1.80. The van der Waals surface area contributed by atoms with Crippen LogP contribution in [-0.4, -0.2) is 5.91 Å². The topological polar surface area (TPSA) is 38.3 Å². The predicted octanol–water partition coefficient (Wildman–Crippen LogP) is 1.85. The molecule has 1 unspecified atom stereocenters. The summed E-state index contributed by atoms with van der Waals surface area (Å²) in [4.78, 5) is 16.7. The van der Waals surface area contributed by atoms with Crippen LogP contribution in [0.1, 0.15) is 25.3 Å². The van der Waals surface area contributed by atoms with Crippen molar-refractivity contribution in [2.75, 3.05) is 0 Å². The Bertz CT molecular complexity index is 360. The fourth-order valence-corrected chi connectivity index (χ4v) is 1.80. The van der Waals surface area contributed by atoms with Gasteiger partial charge in [-0.1, -0.05) is 32.0 Å². The van der Waals surface area contributed by atoms with Crippen molar-refractivity contribution in [1.29, 1.82) is 0 Å². The standard InChI is InChI=1S/C11H13NO2/c1-7(2)10-8-5-3-4-6-9(8)14-12-11(10)13/h3-7,10H,1-2H3,(H,12,13). The molecular formula is C11H13NO2. The molecule has 0 saturated heterocycles. The molecule has 1 N–H and O–H groups in total. The van der Waals surface area contributed by atoms with Gasteiger partial charge in [0.1, 0.15) is 0 Å². The molecule has 1 aromatic rings. The van der Waals surface area contributed by atoms with E-state index in [0.29, 0.717) is 0 Å². The van der Waals surface area contributed by atoms with Gasteiger partial charge in [0.05, 0.1) is 5.92 Å². The van der Waals surface area contributed by atoms with Crippen LogP contribution in [0.5, 0.6) is 5.75 Å². The van der Waals surface area contributed by atoms with Crippen molar-refractivity contribution >= 4 is 5.91 Å². The van der Waals surface area contributed by atoms with Crippen LogP contribution in [0.15, 0.2) is 24.3 Å². The molecule has 0 aliphatic carbocycles. The summed E-state index contributed by atoms with van der Waals surface area (Å²) in [5.74, 6) is 0.879. The number of hydrogen-bond acceptors (Lipinski definition) is 2. The third-order valence-electron chi connectivity index (χ3n) is 2.46. The van der Waals surface area contributed by atoms with Crippen LogP contribution in [0.2, 0.25) is 0 Å². The molecule has 14 heavy (non-hydrogen) atoms. The van der Waals surface area contributed by atoms with Gasteiger partial charge in [-0.25, -0.2) is 0 Å². The molecular weight excluding hydrogens is 178 g/mol. The number of benzene rings is 1. The Kier molecular flexibility index (Phi) is 2.15. The maximum Gasteiger partial charge on any atom is 0.260 e. The molecule has 1 aliphatic heterocycles. The van der Waals surface area contributed by atoms with E-state index in [1.807, 2.05) is 38.1 Å². The summed E-state index contributed by atoms with van der Waals surface area (Å²) in [5.41, 5.74) is 3.41. The smallest absolute Gasteiger partial charge is 0.260 e. The number of carbonyl (C=O) groups excluding carboxylic acids is 1. The zero-order chi connectivity index (χ0) is 10.1. The Morgan fingerprint density at radius 1 is 1.36 bits per heavy atom. The molecule has 0 aromatic heterocycles. The Morgan fingerprint density at radius 3 is 2.79 bits per heavy atom. The lowest BCUT2D eigenvalue weighted by molar-refractivity contribution is -0.131. The number of hydrogen-bond donors (Lipinski definition) is 1. The minimum absolute atomic E-state index is 0.0568. The molecule has 0 saturated carbocycles. The van der Waals surface area contributed by atoms with E-state index in [4.69, 9.17) is 4.84 Å². The number of amides is 1. The van der Waals surface area contributed by atoms with Crippen molar-refractivity contribution in [1.82, 2.24) is 5.48 Å². The highest BCUT2D eigenvalue weighted by Gasteiger charge is 2.31. The van der Waals surface area contributed by atoms with E-state index in [-0.39, 0.29) is 17.7 Å². The Labute approximate surface area is 83.0 Å². The number of para-hydroxylation sites is 1. The number of hydroxylamine groups is 1. The SMILES string of the molecule is CC(C)C1C(=O)NOc2ccccc21. The maximum atomic E-state index is 11.6. The zero-order valence-electron chi connectivity index (χ0n) is 8.28. The van der Waals surface area contributed by atoms with Crippen molar-refractivity contribution in [3.8, 4) is 5.75 Å². The third-order valence-corrected chi connectivity index (χ3v) is 2.46. The van der Waals surface area contributed by atoms with Crippen LogP contribution in [0, 0.1) is 5.92 Å². The first-order valence-corrected chi connectivity index (χ1v) is 4.76. The van der Waals surface area contributed by atoms with Gasteiger partial charge in [0, 0.05) is 5.56 Å². The number of rotatable bonds is 1. The van der Waals surface area contributed by atoms with Gasteiger partial charge in [0.15, 0.2) is 5.75 Å². The second-order valence-corrected chi connectivity index (χ2v) is 3.83. The number of fused-ring (bicyclic) bond motifs is 1. The average molecular weight is 191 g/mol. The van der Waals surface area contributed by atoms with Crippen molar-refractivity contribution in [3.63, 3.8) is 0 Å². The molecule has 1 aromatic carbocycles. The highest BCUT2D eigenvalue weighted by atomic mass is 16.7. The van der Waals surface area contributed by atoms with E-state index in [9.17, 15) is 4.79 Å². The molecule has 1 heterocycles. The zero-order valence-corrected chi connectivity index (χ0v) is 8.28. The van der Waals surface area contributed by atoms with Crippen LogP contribution >= 0.6 is 0 Å². The van der Waals surface area contributed by atoms with Crippen molar-refractivity contribution in [3.05, 3.63) is 29.8 Å². The lowest BCUT2D eigenvalue weighted by atomic mass is 9.87. The van der Waals surface area contributed by atoms with E-state index in [1.165, 1.54) is 0 Å². The average Bonchev–Trinajstić information content (AvgIpc) is 2.17. The molecule has 1 atom stereocenters. The lowest BCUT2D eigenvalue weighted by Gasteiger charge is -2.27. The Hall–Kier alpha value is -1.51. The van der Waals surface area contributed by atoms with E-state index in [1.54, 1.807) is 0 Å². The summed E-state index contributed by atoms with van der Waals surface area (Å²) in [6.07, 6.45) is 0. The largest absolute Gasteiger partial charge is 0.379 e. The fraction of sp³-hybridized carbons (Fsp3) is 0.364. The minimum Gasteiger partial charge on any atom is -0.379 e. The van der Waals surface area contributed by atoms with Gasteiger partial charge in [-0.3, -0.25) is 4.79 Å². The van der Waals surface area contributed by atoms with E-state index in [0.717, 1.165) is 11.3 Å². The first kappa shape index (κ1) is 9.06. The van der Waals surface area contributed by atoms with Crippen molar-refractivity contribution in [2.24, 2.45) is 5.92 Å². The molecule has 0 radical (unpaired) electrons. The minimum atomic E-state index is -0.0973. The number of carbonyl (C=O) groups is 1. The highest BCUT2D eigenvalue weighted by molar-refractivity contribution is 5.85. The van der Waals surface area contributed by atoms with Gasteiger partial charge in [0.2, 0.25) is 0 Å². The quantitative estimate of drug-likeness (QED) is 0.735. The van der Waals surface area contributed by atoms with Crippen LogP contribution in [0.4, 0.5) is 0 Å². The molecule has 0 bridgehead atoms. The van der Waals surface area contributed by atoms with Crippen molar-refractivity contribution in [2.45, 2.75) is 19.8 Å². The molecule has 74 valence electrons. The van der Waals surface area contributed by atoms with Gasteiger partial charge in [-0.2, -0.15) is 5.48 Å². The normalized spacial score (nSPS) is 19.9. The summed E-state index contributed by atoms with van der Waals surface area (Å²) in [6, 6.07) is 7.63. The Balaban J connectivity index is 2.46. The van der Waals surface area contributed by atoms with E-state index in [2.05, 4.69) is 5.48 Å². The molecule has 0 fully saturated rings. The van der Waals surface area contributed by atoms with Crippen LogP contribution < -0.4 is 10.3 Å². The number of nitrogens with one attached hydrogen (secondary N) is 1. The van der Waals surface area contributed by atoms with E-state index < -0.39 is 0 Å². The monoisotopic (exact) mass is 191 g/mol. The van der Waals surface area contributed by atoms with Gasteiger partial charge >= 0.3 is 0 Å². The first-order chi connectivity index (χ1) is 6.70. The first-order valence-electron chi connectivity index (χ1n) is 4.76. The van der Waals surface area contributed by atoms with Crippen LogP contribution in [0.3, 0.4) is 0 Å². The predicted molar refractivity (Wildman–Crippen MR) is 52.8 cm³/mol. The summed E-state index contributed by atoms with van der Waals surface area (Å²) in [5, 5.41) is 0. The van der Waals surface area contributed by atoms with Gasteiger partial charge in [0.25, 0.3) is 5.91 Å². The molecule has 1 aliphatic rings. The molecule has 3 heteroatoms. The van der Waals surface area contributed by atoms with Crippen LogP contribution in [-0.2, 0) is 4.79 Å². The van der Waals surface area contributed by atoms with Crippen LogP contribution in [0.25, 0.3) is 0 Å². The molecule has 2 rings (SSSR count). The molecule has 1 amide bonds. The lowest BCUT2D eigenvalue weighted by Crippen LogP contribution is -2.38. The summed E-state index contributed by atoms with van der Waals surface area (Å²) in [6.45, 7) is 4.07. The van der Waals surface area contributed by atoms with Gasteiger partial charge < -0.3 is 4.84 Å². The van der Waals surface area contributed by atoms with Crippen molar-refractivity contribution < 1.29 is 9.63 Å². The molecule has 3 nitrogen and oxygen atoms in total. The van der Waals surface area contributed by atoms with E-state index >= 15 is 0 Å². The van der Waals surface area contributed by atoms with Gasteiger partial charge in [-0.05, 0) is 12.0 Å². The Morgan fingerprint density at radius 2 is 2.07 bits per heavy atom. The summed E-state index contributed by atoms with van der Waals surface area (Å²) in [7, 11) is 0. The summed E-state index contributed by atoms with van der Waals surface area (Å²) >= 11 is 0. The highest BCUT2D eigenvalue weighted by Crippen LogP contribution is 2.34. The van der Waals surface area contributed by atoms with Gasteiger partial charge in [-0.15, -0.1) is 0 Å². The second kappa shape index (κ2) is 3.33. The molecule has 0 spiro atoms. The second-order valence-electron chi connectivity index (χ2n) is 3.83.